The number of hydrogen-bond acceptors (Lipinski definition) is 2. The van der Waals surface area contributed by atoms with Gasteiger partial charge in [0.15, 0.2) is 5.50 Å². The van der Waals surface area contributed by atoms with Gasteiger partial charge in [0.2, 0.25) is 5.91 Å². The molecular formula is C10H9ClN2O. The molecule has 4 heteroatoms. The zero-order valence-electron chi connectivity index (χ0n) is 7.62. The van der Waals surface area contributed by atoms with Crippen molar-refractivity contribution in [3.63, 3.8) is 0 Å². The Morgan fingerprint density at radius 1 is 1.50 bits per heavy atom. The van der Waals surface area contributed by atoms with Crippen molar-refractivity contribution in [2.24, 2.45) is 0 Å². The average molecular weight is 209 g/mol. The second-order valence-electron chi connectivity index (χ2n) is 3.16. The van der Waals surface area contributed by atoms with Gasteiger partial charge < -0.3 is 5.41 Å². The van der Waals surface area contributed by atoms with E-state index in [2.05, 4.69) is 0 Å². The van der Waals surface area contributed by atoms with E-state index in [4.69, 9.17) is 17.0 Å². The van der Waals surface area contributed by atoms with Gasteiger partial charge in [0.25, 0.3) is 0 Å². The van der Waals surface area contributed by atoms with Crippen LogP contribution in [0.1, 0.15) is 12.5 Å². The van der Waals surface area contributed by atoms with E-state index in [0.29, 0.717) is 0 Å². The van der Waals surface area contributed by atoms with Gasteiger partial charge in [-0.3, -0.25) is 9.69 Å². The van der Waals surface area contributed by atoms with Crippen LogP contribution in [0, 0.1) is 5.41 Å². The van der Waals surface area contributed by atoms with Crippen LogP contribution in [0.5, 0.6) is 0 Å². The molecule has 1 unspecified atom stereocenters. The molecule has 0 aliphatic carbocycles. The van der Waals surface area contributed by atoms with E-state index in [1.807, 2.05) is 12.1 Å². The fourth-order valence-electron chi connectivity index (χ4n) is 1.62. The summed E-state index contributed by atoms with van der Waals surface area (Å²) in [7, 11) is 0. The molecule has 0 aromatic heterocycles. The van der Waals surface area contributed by atoms with Gasteiger partial charge in [0.1, 0.15) is 0 Å². The Morgan fingerprint density at radius 3 is 2.79 bits per heavy atom. The number of para-hydroxylation sites is 1. The summed E-state index contributed by atoms with van der Waals surface area (Å²) in [6, 6.07) is 7.27. The monoisotopic (exact) mass is 208 g/mol. The normalized spacial score (nSPS) is 19.7. The lowest BCUT2D eigenvalue weighted by Gasteiger charge is -2.17. The zero-order chi connectivity index (χ0) is 10.3. The number of nitrogens with one attached hydrogen (secondary N) is 1. The molecule has 1 aliphatic heterocycles. The second-order valence-corrected chi connectivity index (χ2v) is 3.57. The lowest BCUT2D eigenvalue weighted by molar-refractivity contribution is -0.116. The third-order valence-corrected chi connectivity index (χ3v) is 2.67. The number of carbonyl (C=O) groups is 1. The molecule has 72 valence electrons. The lowest BCUT2D eigenvalue weighted by Crippen LogP contribution is -2.34. The number of halogens is 1. The minimum atomic E-state index is -0.662. The van der Waals surface area contributed by atoms with Gasteiger partial charge in [0, 0.05) is 12.5 Å². The largest absolute Gasteiger partial charge is 0.301 e. The van der Waals surface area contributed by atoms with Crippen molar-refractivity contribution in [2.75, 3.05) is 4.90 Å². The molecule has 2 rings (SSSR count). The van der Waals surface area contributed by atoms with Gasteiger partial charge in [-0.15, -0.1) is 0 Å². The summed E-state index contributed by atoms with van der Waals surface area (Å²) >= 11 is 5.97. The summed E-state index contributed by atoms with van der Waals surface area (Å²) in [6.07, 6.45) is 0. The fourth-order valence-corrected chi connectivity index (χ4v) is 1.98. The molecule has 0 fully saturated rings. The Morgan fingerprint density at radius 2 is 2.14 bits per heavy atom. The highest BCUT2D eigenvalue weighted by Crippen LogP contribution is 2.33. The molecule has 0 saturated heterocycles. The number of benzene rings is 1. The number of fused-ring (bicyclic) bond motifs is 1. The minimum Gasteiger partial charge on any atom is -0.301 e. The highest BCUT2D eigenvalue weighted by molar-refractivity contribution is 6.41. The van der Waals surface area contributed by atoms with Crippen molar-refractivity contribution in [1.82, 2.24) is 0 Å². The zero-order valence-corrected chi connectivity index (χ0v) is 8.38. The number of amides is 1. The maximum Gasteiger partial charge on any atom is 0.225 e. The van der Waals surface area contributed by atoms with E-state index in [0.717, 1.165) is 11.3 Å². The van der Waals surface area contributed by atoms with E-state index < -0.39 is 5.50 Å². The van der Waals surface area contributed by atoms with Crippen LogP contribution in [0.3, 0.4) is 0 Å². The van der Waals surface area contributed by atoms with Crippen molar-refractivity contribution in [3.8, 4) is 0 Å². The molecule has 0 radical (unpaired) electrons. The molecule has 0 bridgehead atoms. The number of nitrogens with zero attached hydrogens (tertiary/aromatic N) is 1. The molecule has 3 nitrogen and oxygen atoms in total. The standard InChI is InChI=1S/C10H9ClN2O/c1-6(14)13-8-5-3-2-4-7(8)9(12)10(13)11/h2-5,10,12H,1H3. The smallest absolute Gasteiger partial charge is 0.225 e. The first-order valence-electron chi connectivity index (χ1n) is 4.24. The van der Waals surface area contributed by atoms with Gasteiger partial charge >= 0.3 is 0 Å². The predicted octanol–water partition coefficient (Wildman–Crippen LogP) is 1.99. The van der Waals surface area contributed by atoms with Crippen molar-refractivity contribution in [2.45, 2.75) is 12.4 Å². The first kappa shape index (κ1) is 9.21. The summed E-state index contributed by atoms with van der Waals surface area (Å²) in [5.74, 6) is -0.139. The van der Waals surface area contributed by atoms with Gasteiger partial charge in [0.05, 0.1) is 11.4 Å². The molecule has 1 heterocycles. The summed E-state index contributed by atoms with van der Waals surface area (Å²) in [5, 5.41) is 7.73. The number of carbonyl (C=O) groups excluding carboxylic acids is 1. The van der Waals surface area contributed by atoms with E-state index >= 15 is 0 Å². The highest BCUT2D eigenvalue weighted by Gasteiger charge is 2.34. The van der Waals surface area contributed by atoms with Crippen LogP contribution in [0.4, 0.5) is 5.69 Å². The molecule has 1 aromatic rings. The first-order valence-corrected chi connectivity index (χ1v) is 4.68. The van der Waals surface area contributed by atoms with Gasteiger partial charge in [-0.25, -0.2) is 0 Å². The van der Waals surface area contributed by atoms with Crippen LogP contribution >= 0.6 is 11.6 Å². The van der Waals surface area contributed by atoms with Gasteiger partial charge in [-0.05, 0) is 6.07 Å². The van der Waals surface area contributed by atoms with Gasteiger partial charge in [-0.1, -0.05) is 29.8 Å². The summed E-state index contributed by atoms with van der Waals surface area (Å²) in [6.45, 7) is 1.45. The van der Waals surface area contributed by atoms with Gasteiger partial charge in [-0.2, -0.15) is 0 Å². The van der Waals surface area contributed by atoms with Crippen molar-refractivity contribution in [1.29, 1.82) is 5.41 Å². The quantitative estimate of drug-likeness (QED) is 0.514. The fraction of sp³-hybridized carbons (Fsp3) is 0.200. The summed E-state index contributed by atoms with van der Waals surface area (Å²) in [5.41, 5.74) is 1.09. The lowest BCUT2D eigenvalue weighted by atomic mass is 10.1. The maximum absolute atomic E-state index is 11.3. The van der Waals surface area contributed by atoms with Crippen molar-refractivity contribution < 1.29 is 4.79 Å². The van der Waals surface area contributed by atoms with Crippen molar-refractivity contribution in [3.05, 3.63) is 29.8 Å². The third-order valence-electron chi connectivity index (χ3n) is 2.26. The predicted molar refractivity (Wildman–Crippen MR) is 56.1 cm³/mol. The SMILES string of the molecule is CC(=O)N1c2ccccc2C(=N)C1Cl. The molecule has 0 saturated carbocycles. The second kappa shape index (κ2) is 3.10. The van der Waals surface area contributed by atoms with Crippen LogP contribution in [0.2, 0.25) is 0 Å². The first-order chi connectivity index (χ1) is 6.63. The number of rotatable bonds is 0. The van der Waals surface area contributed by atoms with Crippen LogP contribution in [-0.4, -0.2) is 17.1 Å². The van der Waals surface area contributed by atoms with Crippen molar-refractivity contribution >= 4 is 28.9 Å². The molecule has 1 aliphatic rings. The van der Waals surface area contributed by atoms with E-state index in [1.165, 1.54) is 11.8 Å². The van der Waals surface area contributed by atoms with E-state index in [1.54, 1.807) is 12.1 Å². The molecule has 14 heavy (non-hydrogen) atoms. The summed E-state index contributed by atoms with van der Waals surface area (Å²) in [4.78, 5) is 12.7. The number of anilines is 1. The number of alkyl halides is 1. The highest BCUT2D eigenvalue weighted by atomic mass is 35.5. The third kappa shape index (κ3) is 1.13. The molecule has 1 N–H and O–H groups in total. The Labute approximate surface area is 86.8 Å². The summed E-state index contributed by atoms with van der Waals surface area (Å²) < 4.78 is 0. The molecule has 1 amide bonds. The number of hydrogen-bond donors (Lipinski definition) is 1. The topological polar surface area (TPSA) is 44.2 Å². The van der Waals surface area contributed by atoms with Crippen LogP contribution in [0.15, 0.2) is 24.3 Å². The Bertz CT molecular complexity index is 416. The van der Waals surface area contributed by atoms with E-state index in [9.17, 15) is 4.79 Å². The Kier molecular flexibility index (Phi) is 2.04. The molecule has 1 atom stereocenters. The molecular weight excluding hydrogens is 200 g/mol. The van der Waals surface area contributed by atoms with Crippen LogP contribution < -0.4 is 4.90 Å². The molecule has 0 spiro atoms. The average Bonchev–Trinajstić information content (AvgIpc) is 2.41. The van der Waals surface area contributed by atoms with Crippen LogP contribution in [0.25, 0.3) is 0 Å². The van der Waals surface area contributed by atoms with E-state index in [-0.39, 0.29) is 11.6 Å². The minimum absolute atomic E-state index is 0.139. The maximum atomic E-state index is 11.3. The Balaban J connectivity index is 2.59. The molecule has 1 aromatic carbocycles. The van der Waals surface area contributed by atoms with Crippen LogP contribution in [-0.2, 0) is 4.79 Å². The Hall–Kier alpha value is -1.35.